The van der Waals surface area contributed by atoms with Crippen LogP contribution in [0.25, 0.3) is 0 Å². The van der Waals surface area contributed by atoms with E-state index in [9.17, 15) is 0 Å². The Kier molecular flexibility index (Phi) is 4.73. The predicted molar refractivity (Wildman–Crippen MR) is 76.4 cm³/mol. The third-order valence-corrected chi connectivity index (χ3v) is 3.34. The van der Waals surface area contributed by atoms with E-state index in [4.69, 9.17) is 4.74 Å². The quantitative estimate of drug-likeness (QED) is 0.916. The molecule has 0 radical (unpaired) electrons. The molecule has 1 aromatic carbocycles. The van der Waals surface area contributed by atoms with Gasteiger partial charge in [0.1, 0.15) is 0 Å². The second kappa shape index (κ2) is 6.52. The maximum Gasteiger partial charge on any atom is 0.0893 e. The first-order chi connectivity index (χ1) is 8.79. The summed E-state index contributed by atoms with van der Waals surface area (Å²) >= 11 is 3.50. The van der Waals surface area contributed by atoms with Crippen molar-refractivity contribution in [2.45, 2.75) is 13.2 Å². The van der Waals surface area contributed by atoms with Crippen LogP contribution < -0.4 is 5.32 Å². The fraction of sp³-hybridized carbons (Fsp3) is 0.214. The summed E-state index contributed by atoms with van der Waals surface area (Å²) in [6, 6.07) is 12.0. The average molecular weight is 307 g/mol. The molecule has 3 nitrogen and oxygen atoms in total. The fourth-order valence-corrected chi connectivity index (χ4v) is 1.99. The molecule has 4 heteroatoms. The summed E-state index contributed by atoms with van der Waals surface area (Å²) < 4.78 is 6.74. The van der Waals surface area contributed by atoms with E-state index in [1.165, 1.54) is 0 Å². The van der Waals surface area contributed by atoms with Crippen LogP contribution in [0.3, 0.4) is 0 Å². The van der Waals surface area contributed by atoms with Gasteiger partial charge in [0.25, 0.3) is 0 Å². The Morgan fingerprint density at radius 3 is 2.83 bits per heavy atom. The van der Waals surface area contributed by atoms with E-state index in [-0.39, 0.29) is 0 Å². The number of rotatable bonds is 5. The van der Waals surface area contributed by atoms with Crippen molar-refractivity contribution in [2.75, 3.05) is 12.4 Å². The van der Waals surface area contributed by atoms with Crippen molar-refractivity contribution in [3.8, 4) is 0 Å². The van der Waals surface area contributed by atoms with Crippen molar-refractivity contribution in [1.29, 1.82) is 0 Å². The van der Waals surface area contributed by atoms with Gasteiger partial charge in [-0.2, -0.15) is 0 Å². The molecule has 0 amide bonds. The number of hydrogen-bond donors (Lipinski definition) is 1. The van der Waals surface area contributed by atoms with Crippen molar-refractivity contribution >= 4 is 21.6 Å². The van der Waals surface area contributed by atoms with E-state index >= 15 is 0 Å². The first-order valence-corrected chi connectivity index (χ1v) is 6.52. The lowest BCUT2D eigenvalue weighted by molar-refractivity contribution is 0.104. The SMILES string of the molecule is CNc1ccnc(COCc2ccccc2Br)c1. The number of ether oxygens (including phenoxy) is 1. The largest absolute Gasteiger partial charge is 0.388 e. The van der Waals surface area contributed by atoms with Crippen LogP contribution >= 0.6 is 15.9 Å². The molecule has 0 saturated heterocycles. The van der Waals surface area contributed by atoms with Gasteiger partial charge in [-0.05, 0) is 23.8 Å². The van der Waals surface area contributed by atoms with Gasteiger partial charge < -0.3 is 10.1 Å². The molecule has 1 N–H and O–H groups in total. The van der Waals surface area contributed by atoms with E-state index in [2.05, 4.69) is 26.2 Å². The lowest BCUT2D eigenvalue weighted by atomic mass is 10.2. The Morgan fingerprint density at radius 1 is 1.22 bits per heavy atom. The Labute approximate surface area is 115 Å². The summed E-state index contributed by atoms with van der Waals surface area (Å²) in [5, 5.41) is 3.08. The van der Waals surface area contributed by atoms with Gasteiger partial charge in [0.15, 0.2) is 0 Å². The van der Waals surface area contributed by atoms with Crippen molar-refractivity contribution in [2.24, 2.45) is 0 Å². The number of nitrogens with zero attached hydrogens (tertiary/aromatic N) is 1. The minimum Gasteiger partial charge on any atom is -0.388 e. The zero-order valence-corrected chi connectivity index (χ0v) is 11.8. The van der Waals surface area contributed by atoms with Crippen LogP contribution in [0.1, 0.15) is 11.3 Å². The molecule has 0 unspecified atom stereocenters. The molecule has 0 atom stereocenters. The van der Waals surface area contributed by atoms with Crippen LogP contribution in [0, 0.1) is 0 Å². The number of benzene rings is 1. The number of pyridine rings is 1. The average Bonchev–Trinajstić information content (AvgIpc) is 2.41. The number of nitrogens with one attached hydrogen (secondary N) is 1. The molecule has 2 rings (SSSR count). The van der Waals surface area contributed by atoms with Gasteiger partial charge >= 0.3 is 0 Å². The molecule has 0 aliphatic heterocycles. The smallest absolute Gasteiger partial charge is 0.0893 e. The highest BCUT2D eigenvalue weighted by atomic mass is 79.9. The molecular weight excluding hydrogens is 292 g/mol. The summed E-state index contributed by atoms with van der Waals surface area (Å²) in [4.78, 5) is 4.26. The minimum absolute atomic E-state index is 0.511. The standard InChI is InChI=1S/C14H15BrN2O/c1-16-12-6-7-17-13(8-12)10-18-9-11-4-2-3-5-14(11)15/h2-8H,9-10H2,1H3,(H,16,17). The lowest BCUT2D eigenvalue weighted by Gasteiger charge is -2.07. The number of anilines is 1. The monoisotopic (exact) mass is 306 g/mol. The molecule has 0 bridgehead atoms. The van der Waals surface area contributed by atoms with E-state index in [1.54, 1.807) is 6.20 Å². The molecule has 0 spiro atoms. The van der Waals surface area contributed by atoms with Gasteiger partial charge in [-0.25, -0.2) is 0 Å². The summed E-state index contributed by atoms with van der Waals surface area (Å²) in [6.07, 6.45) is 1.78. The van der Waals surface area contributed by atoms with E-state index in [0.29, 0.717) is 13.2 Å². The Balaban J connectivity index is 1.90. The zero-order valence-electron chi connectivity index (χ0n) is 10.2. The second-order valence-corrected chi connectivity index (χ2v) is 4.72. The van der Waals surface area contributed by atoms with Crippen molar-refractivity contribution in [1.82, 2.24) is 4.98 Å². The molecule has 0 saturated carbocycles. The Hall–Kier alpha value is -1.39. The third-order valence-electron chi connectivity index (χ3n) is 2.57. The number of hydrogen-bond acceptors (Lipinski definition) is 3. The van der Waals surface area contributed by atoms with Gasteiger partial charge in [0.2, 0.25) is 0 Å². The van der Waals surface area contributed by atoms with Crippen molar-refractivity contribution in [3.63, 3.8) is 0 Å². The van der Waals surface area contributed by atoms with Crippen LogP contribution in [-0.4, -0.2) is 12.0 Å². The molecule has 1 aromatic heterocycles. The molecule has 0 fully saturated rings. The maximum absolute atomic E-state index is 5.67. The normalized spacial score (nSPS) is 10.3. The van der Waals surface area contributed by atoms with Crippen LogP contribution in [0.4, 0.5) is 5.69 Å². The Morgan fingerprint density at radius 2 is 2.06 bits per heavy atom. The second-order valence-electron chi connectivity index (χ2n) is 3.87. The predicted octanol–water partition coefficient (Wildman–Crippen LogP) is 3.60. The first-order valence-electron chi connectivity index (χ1n) is 5.73. The highest BCUT2D eigenvalue weighted by molar-refractivity contribution is 9.10. The lowest BCUT2D eigenvalue weighted by Crippen LogP contribution is -1.98. The number of aromatic nitrogens is 1. The molecule has 1 heterocycles. The van der Waals surface area contributed by atoms with Crippen molar-refractivity contribution in [3.05, 3.63) is 58.3 Å². The van der Waals surface area contributed by atoms with Crippen LogP contribution in [0.15, 0.2) is 47.1 Å². The topological polar surface area (TPSA) is 34.2 Å². The molecule has 0 aliphatic rings. The molecule has 0 aliphatic carbocycles. The number of halogens is 1. The van der Waals surface area contributed by atoms with E-state index < -0.39 is 0 Å². The zero-order chi connectivity index (χ0) is 12.8. The van der Waals surface area contributed by atoms with Crippen LogP contribution in [-0.2, 0) is 18.0 Å². The molecule has 2 aromatic rings. The highest BCUT2D eigenvalue weighted by Crippen LogP contribution is 2.17. The van der Waals surface area contributed by atoms with E-state index in [1.807, 2.05) is 43.4 Å². The van der Waals surface area contributed by atoms with Gasteiger partial charge in [-0.3, -0.25) is 4.98 Å². The van der Waals surface area contributed by atoms with E-state index in [0.717, 1.165) is 21.4 Å². The van der Waals surface area contributed by atoms with Crippen LogP contribution in [0.5, 0.6) is 0 Å². The molecule has 94 valence electrons. The minimum atomic E-state index is 0.511. The van der Waals surface area contributed by atoms with Gasteiger partial charge in [-0.1, -0.05) is 34.1 Å². The van der Waals surface area contributed by atoms with Crippen molar-refractivity contribution < 1.29 is 4.74 Å². The van der Waals surface area contributed by atoms with Gasteiger partial charge in [0.05, 0.1) is 18.9 Å². The molecular formula is C14H15BrN2O. The summed E-state index contributed by atoms with van der Waals surface area (Å²) in [6.45, 7) is 1.09. The summed E-state index contributed by atoms with van der Waals surface area (Å²) in [7, 11) is 1.89. The third kappa shape index (κ3) is 3.55. The van der Waals surface area contributed by atoms with Gasteiger partial charge in [-0.15, -0.1) is 0 Å². The van der Waals surface area contributed by atoms with Crippen LogP contribution in [0.2, 0.25) is 0 Å². The Bertz CT molecular complexity index is 517. The highest BCUT2D eigenvalue weighted by Gasteiger charge is 2.00. The van der Waals surface area contributed by atoms with Gasteiger partial charge in [0, 0.05) is 23.4 Å². The fourth-order valence-electron chi connectivity index (χ4n) is 1.59. The first kappa shape index (κ1) is 13.1. The molecule has 18 heavy (non-hydrogen) atoms. The summed E-state index contributed by atoms with van der Waals surface area (Å²) in [5.41, 5.74) is 3.11. The maximum atomic E-state index is 5.67. The summed E-state index contributed by atoms with van der Waals surface area (Å²) in [5.74, 6) is 0.